The smallest absolute Gasteiger partial charge is 0.416 e. The number of nitrogens with zero attached hydrogens (tertiary/aromatic N) is 1. The predicted octanol–water partition coefficient (Wildman–Crippen LogP) is 3.84. The molecule has 21 heavy (non-hydrogen) atoms. The molecule has 0 saturated carbocycles. The Morgan fingerprint density at radius 2 is 1.95 bits per heavy atom. The van der Waals surface area contributed by atoms with Crippen molar-refractivity contribution in [1.29, 1.82) is 0 Å². The van der Waals surface area contributed by atoms with Crippen LogP contribution in [-0.2, 0) is 6.18 Å². The van der Waals surface area contributed by atoms with Gasteiger partial charge >= 0.3 is 6.18 Å². The van der Waals surface area contributed by atoms with Crippen molar-refractivity contribution < 1.29 is 17.9 Å². The lowest BCUT2D eigenvalue weighted by atomic mass is 10.1. The summed E-state index contributed by atoms with van der Waals surface area (Å²) in [5.41, 5.74) is 5.29. The molecule has 0 atom stereocenters. The molecule has 1 heterocycles. The Morgan fingerprint density at radius 1 is 1.24 bits per heavy atom. The van der Waals surface area contributed by atoms with Crippen LogP contribution in [0.3, 0.4) is 0 Å². The second-order valence-electron chi connectivity index (χ2n) is 4.26. The molecule has 0 aliphatic heterocycles. The molecular formula is C14H11F3N2OS. The van der Waals surface area contributed by atoms with E-state index in [1.54, 1.807) is 25.3 Å². The first-order chi connectivity index (χ1) is 9.79. The first kappa shape index (κ1) is 15.2. The van der Waals surface area contributed by atoms with Gasteiger partial charge in [-0.25, -0.2) is 0 Å². The summed E-state index contributed by atoms with van der Waals surface area (Å²) in [5, 5.41) is 0. The fraction of sp³-hybridized carbons (Fsp3) is 0.143. The van der Waals surface area contributed by atoms with Crippen molar-refractivity contribution in [1.82, 2.24) is 4.98 Å². The molecular weight excluding hydrogens is 301 g/mol. The van der Waals surface area contributed by atoms with Gasteiger partial charge in [-0.2, -0.15) is 13.2 Å². The summed E-state index contributed by atoms with van der Waals surface area (Å²) in [5.74, 6) is 0.585. The van der Waals surface area contributed by atoms with Gasteiger partial charge in [0.2, 0.25) is 0 Å². The van der Waals surface area contributed by atoms with E-state index in [0.717, 1.165) is 12.1 Å². The Labute approximate surface area is 124 Å². The van der Waals surface area contributed by atoms with Crippen LogP contribution in [0.15, 0.2) is 36.5 Å². The van der Waals surface area contributed by atoms with Gasteiger partial charge in [0.25, 0.3) is 0 Å². The number of hydrogen-bond acceptors (Lipinski definition) is 3. The Bertz CT molecular complexity index is 686. The van der Waals surface area contributed by atoms with Crippen LogP contribution in [0.25, 0.3) is 0 Å². The molecule has 0 bridgehead atoms. The number of nitrogens with two attached hydrogens (primary N) is 1. The van der Waals surface area contributed by atoms with E-state index >= 15 is 0 Å². The number of halogens is 3. The zero-order chi connectivity index (χ0) is 15.6. The number of alkyl halides is 3. The second kappa shape index (κ2) is 5.69. The lowest BCUT2D eigenvalue weighted by molar-refractivity contribution is -0.137. The van der Waals surface area contributed by atoms with Gasteiger partial charge in [-0.1, -0.05) is 12.2 Å². The standard InChI is InChI=1S/C14H11F3N2OS/c1-8-11(3-2-6-19-8)20-12-5-4-9(14(15,16)17)7-10(12)13(18)21/h2-7H,1H3,(H2,18,21). The molecule has 0 saturated heterocycles. The largest absolute Gasteiger partial charge is 0.455 e. The molecule has 2 N–H and O–H groups in total. The Morgan fingerprint density at radius 3 is 2.52 bits per heavy atom. The van der Waals surface area contributed by atoms with Crippen molar-refractivity contribution in [2.24, 2.45) is 5.73 Å². The zero-order valence-electron chi connectivity index (χ0n) is 10.9. The number of pyridine rings is 1. The number of aromatic nitrogens is 1. The van der Waals surface area contributed by atoms with E-state index in [-0.39, 0.29) is 16.3 Å². The lowest BCUT2D eigenvalue weighted by Gasteiger charge is -2.14. The summed E-state index contributed by atoms with van der Waals surface area (Å²) in [6, 6.07) is 6.31. The van der Waals surface area contributed by atoms with E-state index in [2.05, 4.69) is 4.98 Å². The summed E-state index contributed by atoms with van der Waals surface area (Å²) in [6.07, 6.45) is -2.88. The van der Waals surface area contributed by atoms with Gasteiger partial charge in [-0.15, -0.1) is 0 Å². The minimum Gasteiger partial charge on any atom is -0.455 e. The molecule has 0 unspecified atom stereocenters. The lowest BCUT2D eigenvalue weighted by Crippen LogP contribution is -2.14. The summed E-state index contributed by atoms with van der Waals surface area (Å²) in [6.45, 7) is 1.72. The molecule has 2 rings (SSSR count). The van der Waals surface area contributed by atoms with E-state index in [1.165, 1.54) is 6.07 Å². The van der Waals surface area contributed by atoms with E-state index in [0.29, 0.717) is 11.4 Å². The van der Waals surface area contributed by atoms with Crippen LogP contribution < -0.4 is 10.5 Å². The number of benzene rings is 1. The Hall–Kier alpha value is -2.15. The van der Waals surface area contributed by atoms with Crippen molar-refractivity contribution in [2.75, 3.05) is 0 Å². The van der Waals surface area contributed by atoms with Crippen molar-refractivity contribution in [3.05, 3.63) is 53.3 Å². The number of aryl methyl sites for hydroxylation is 1. The predicted molar refractivity (Wildman–Crippen MR) is 76.4 cm³/mol. The molecule has 0 radical (unpaired) electrons. The minimum absolute atomic E-state index is 0.0306. The van der Waals surface area contributed by atoms with Gasteiger partial charge < -0.3 is 10.5 Å². The molecule has 0 aliphatic rings. The highest BCUT2D eigenvalue weighted by Gasteiger charge is 2.31. The molecule has 7 heteroatoms. The van der Waals surface area contributed by atoms with Gasteiger partial charge in [0.15, 0.2) is 0 Å². The fourth-order valence-corrected chi connectivity index (χ4v) is 1.84. The minimum atomic E-state index is -4.47. The number of hydrogen-bond donors (Lipinski definition) is 1. The molecule has 0 amide bonds. The van der Waals surface area contributed by atoms with Crippen molar-refractivity contribution in [3.8, 4) is 11.5 Å². The first-order valence-corrected chi connectivity index (χ1v) is 6.30. The maximum Gasteiger partial charge on any atom is 0.416 e. The molecule has 0 aliphatic carbocycles. The van der Waals surface area contributed by atoms with Crippen molar-refractivity contribution in [2.45, 2.75) is 13.1 Å². The summed E-state index contributed by atoms with van der Waals surface area (Å²) >= 11 is 4.80. The van der Waals surface area contributed by atoms with Crippen LogP contribution in [0.5, 0.6) is 11.5 Å². The molecule has 2 aromatic rings. The van der Waals surface area contributed by atoms with Gasteiger partial charge in [0, 0.05) is 6.20 Å². The van der Waals surface area contributed by atoms with Crippen LogP contribution in [0, 0.1) is 6.92 Å². The van der Waals surface area contributed by atoms with Crippen LogP contribution in [0.2, 0.25) is 0 Å². The average molecular weight is 312 g/mol. The van der Waals surface area contributed by atoms with E-state index in [4.69, 9.17) is 22.7 Å². The summed E-state index contributed by atoms with van der Waals surface area (Å²) in [4.78, 5) is 3.87. The maximum absolute atomic E-state index is 12.7. The van der Waals surface area contributed by atoms with Crippen LogP contribution in [0.4, 0.5) is 13.2 Å². The number of ether oxygens (including phenoxy) is 1. The van der Waals surface area contributed by atoms with Crippen LogP contribution >= 0.6 is 12.2 Å². The van der Waals surface area contributed by atoms with Crippen LogP contribution in [-0.4, -0.2) is 9.97 Å². The third-order valence-electron chi connectivity index (χ3n) is 2.75. The normalized spacial score (nSPS) is 11.2. The van der Waals surface area contributed by atoms with Crippen molar-refractivity contribution >= 4 is 17.2 Å². The Kier molecular flexibility index (Phi) is 4.13. The molecule has 0 spiro atoms. The highest BCUT2D eigenvalue weighted by Crippen LogP contribution is 2.34. The fourth-order valence-electron chi connectivity index (χ4n) is 1.68. The molecule has 0 fully saturated rings. The topological polar surface area (TPSA) is 48.1 Å². The number of rotatable bonds is 3. The monoisotopic (exact) mass is 312 g/mol. The maximum atomic E-state index is 12.7. The molecule has 3 nitrogen and oxygen atoms in total. The number of thiocarbonyl (C=S) groups is 1. The molecule has 1 aromatic heterocycles. The first-order valence-electron chi connectivity index (χ1n) is 5.89. The summed E-state index contributed by atoms with van der Waals surface area (Å²) in [7, 11) is 0. The SMILES string of the molecule is Cc1ncccc1Oc1ccc(C(F)(F)F)cc1C(N)=S. The third kappa shape index (κ3) is 3.49. The average Bonchev–Trinajstić information content (AvgIpc) is 2.40. The zero-order valence-corrected chi connectivity index (χ0v) is 11.8. The highest BCUT2D eigenvalue weighted by atomic mass is 32.1. The van der Waals surface area contributed by atoms with E-state index in [1.807, 2.05) is 0 Å². The van der Waals surface area contributed by atoms with Crippen molar-refractivity contribution in [3.63, 3.8) is 0 Å². The third-order valence-corrected chi connectivity index (χ3v) is 2.97. The van der Waals surface area contributed by atoms with E-state index < -0.39 is 11.7 Å². The second-order valence-corrected chi connectivity index (χ2v) is 4.70. The van der Waals surface area contributed by atoms with Gasteiger partial charge in [-0.3, -0.25) is 4.98 Å². The molecule has 1 aromatic carbocycles. The van der Waals surface area contributed by atoms with Gasteiger partial charge in [-0.05, 0) is 37.3 Å². The van der Waals surface area contributed by atoms with Gasteiger partial charge in [0.05, 0.1) is 16.8 Å². The molecule has 110 valence electrons. The van der Waals surface area contributed by atoms with Gasteiger partial charge in [0.1, 0.15) is 16.5 Å². The Balaban J connectivity index is 2.45. The van der Waals surface area contributed by atoms with Crippen LogP contribution in [0.1, 0.15) is 16.8 Å². The quantitative estimate of drug-likeness (QED) is 0.875. The summed E-state index contributed by atoms with van der Waals surface area (Å²) < 4.78 is 43.7. The van der Waals surface area contributed by atoms with E-state index in [9.17, 15) is 13.2 Å². The highest BCUT2D eigenvalue weighted by molar-refractivity contribution is 7.80.